The van der Waals surface area contributed by atoms with E-state index in [9.17, 15) is 14.4 Å². The number of amides is 2. The van der Waals surface area contributed by atoms with E-state index in [0.717, 1.165) is 0 Å². The number of hydrogen-bond donors (Lipinski definition) is 2. The number of benzene rings is 1. The van der Waals surface area contributed by atoms with Gasteiger partial charge in [0.15, 0.2) is 0 Å². The number of aromatic amines is 1. The molecule has 0 unspecified atom stereocenters. The van der Waals surface area contributed by atoms with E-state index in [2.05, 4.69) is 10.3 Å². The Morgan fingerprint density at radius 2 is 1.81 bits per heavy atom. The number of piperazine rings is 1. The summed E-state index contributed by atoms with van der Waals surface area (Å²) >= 11 is 6.04. The van der Waals surface area contributed by atoms with Crippen molar-refractivity contribution in [3.05, 3.63) is 63.5 Å². The van der Waals surface area contributed by atoms with Crippen LogP contribution in [-0.2, 0) is 4.79 Å². The van der Waals surface area contributed by atoms with Gasteiger partial charge in [0.05, 0.1) is 22.8 Å². The lowest BCUT2D eigenvalue weighted by atomic mass is 10.2. The van der Waals surface area contributed by atoms with E-state index in [0.29, 0.717) is 42.5 Å². The van der Waals surface area contributed by atoms with Crippen molar-refractivity contribution in [3.63, 3.8) is 0 Å². The molecule has 0 spiro atoms. The fourth-order valence-corrected chi connectivity index (χ4v) is 2.97. The Kier molecular flexibility index (Phi) is 5.70. The maximum atomic E-state index is 12.4. The molecule has 2 heterocycles. The number of rotatable bonds is 4. The molecule has 7 nitrogen and oxygen atoms in total. The Hall–Kier alpha value is -2.64. The molecule has 1 aromatic heterocycles. The summed E-state index contributed by atoms with van der Waals surface area (Å²) in [7, 11) is 0. The lowest BCUT2D eigenvalue weighted by molar-refractivity contribution is -0.117. The minimum Gasteiger partial charge on any atom is -0.336 e. The summed E-state index contributed by atoms with van der Waals surface area (Å²) in [4.78, 5) is 41.9. The molecule has 0 radical (unpaired) electrons. The summed E-state index contributed by atoms with van der Waals surface area (Å²) < 4.78 is 0. The fourth-order valence-electron chi connectivity index (χ4n) is 2.79. The van der Waals surface area contributed by atoms with E-state index >= 15 is 0 Å². The predicted octanol–water partition coefficient (Wildman–Crippen LogP) is 1.42. The van der Waals surface area contributed by atoms with Gasteiger partial charge in [0.1, 0.15) is 0 Å². The number of carbonyl (C=O) groups is 2. The third kappa shape index (κ3) is 4.50. The number of para-hydroxylation sites is 1. The molecule has 0 atom stereocenters. The van der Waals surface area contributed by atoms with E-state index in [1.54, 1.807) is 23.1 Å². The number of halogens is 1. The van der Waals surface area contributed by atoms with Gasteiger partial charge in [0.25, 0.3) is 5.91 Å². The van der Waals surface area contributed by atoms with Gasteiger partial charge in [0, 0.05) is 38.4 Å². The molecule has 2 amide bonds. The van der Waals surface area contributed by atoms with Gasteiger partial charge in [-0.3, -0.25) is 19.3 Å². The van der Waals surface area contributed by atoms with Crippen molar-refractivity contribution in [2.75, 3.05) is 38.0 Å². The van der Waals surface area contributed by atoms with Crippen molar-refractivity contribution < 1.29 is 9.59 Å². The van der Waals surface area contributed by atoms with Crippen LogP contribution in [0.3, 0.4) is 0 Å². The van der Waals surface area contributed by atoms with Gasteiger partial charge in [-0.1, -0.05) is 23.7 Å². The molecule has 2 aromatic rings. The minimum absolute atomic E-state index is 0.124. The Morgan fingerprint density at radius 1 is 1.08 bits per heavy atom. The van der Waals surface area contributed by atoms with Crippen LogP contribution in [0.4, 0.5) is 5.69 Å². The molecule has 0 aliphatic carbocycles. The second-order valence-corrected chi connectivity index (χ2v) is 6.45. The first-order valence-electron chi connectivity index (χ1n) is 8.28. The third-order valence-corrected chi connectivity index (χ3v) is 4.54. The largest absolute Gasteiger partial charge is 0.336 e. The van der Waals surface area contributed by atoms with Crippen LogP contribution >= 0.6 is 11.6 Å². The van der Waals surface area contributed by atoms with Crippen molar-refractivity contribution >= 4 is 29.1 Å². The molecular weight excluding hydrogens is 356 g/mol. The zero-order valence-electron chi connectivity index (χ0n) is 14.1. The van der Waals surface area contributed by atoms with Gasteiger partial charge in [-0.25, -0.2) is 0 Å². The first-order chi connectivity index (χ1) is 12.5. The standard InChI is InChI=1S/C18H19ClN4O3/c19-14-3-1-2-4-15(14)21-17(25)12-22-7-9-23(10-8-22)18(26)13-5-6-16(24)20-11-13/h1-6,11H,7-10,12H2,(H,20,24)(H,21,25). The first kappa shape index (κ1) is 18.2. The molecule has 2 N–H and O–H groups in total. The summed E-state index contributed by atoms with van der Waals surface area (Å²) in [6.45, 7) is 2.50. The monoisotopic (exact) mass is 374 g/mol. The van der Waals surface area contributed by atoms with Gasteiger partial charge in [-0.15, -0.1) is 0 Å². The van der Waals surface area contributed by atoms with Crippen LogP contribution in [0.2, 0.25) is 5.02 Å². The van der Waals surface area contributed by atoms with Crippen molar-refractivity contribution in [1.82, 2.24) is 14.8 Å². The van der Waals surface area contributed by atoms with E-state index in [-0.39, 0.29) is 23.9 Å². The number of nitrogens with one attached hydrogen (secondary N) is 2. The number of carbonyl (C=O) groups excluding carboxylic acids is 2. The van der Waals surface area contributed by atoms with Crippen LogP contribution in [0.15, 0.2) is 47.4 Å². The maximum Gasteiger partial charge on any atom is 0.255 e. The zero-order valence-corrected chi connectivity index (χ0v) is 14.8. The van der Waals surface area contributed by atoms with Crippen molar-refractivity contribution in [3.8, 4) is 0 Å². The summed E-state index contributed by atoms with van der Waals surface area (Å²) in [6, 6.07) is 9.94. The second kappa shape index (κ2) is 8.16. The molecule has 0 bridgehead atoms. The van der Waals surface area contributed by atoms with Crippen LogP contribution < -0.4 is 10.9 Å². The second-order valence-electron chi connectivity index (χ2n) is 6.04. The Morgan fingerprint density at radius 3 is 2.46 bits per heavy atom. The van der Waals surface area contributed by atoms with Crippen molar-refractivity contribution in [1.29, 1.82) is 0 Å². The molecule has 0 saturated carbocycles. The lowest BCUT2D eigenvalue weighted by Crippen LogP contribution is -2.50. The number of pyridine rings is 1. The predicted molar refractivity (Wildman–Crippen MR) is 99.5 cm³/mol. The Balaban J connectivity index is 1.50. The third-order valence-electron chi connectivity index (χ3n) is 4.21. The number of hydrogen-bond acceptors (Lipinski definition) is 4. The van der Waals surface area contributed by atoms with E-state index in [4.69, 9.17) is 11.6 Å². The van der Waals surface area contributed by atoms with Gasteiger partial charge in [-0.2, -0.15) is 0 Å². The number of anilines is 1. The normalized spacial score (nSPS) is 14.9. The lowest BCUT2D eigenvalue weighted by Gasteiger charge is -2.34. The molecule has 26 heavy (non-hydrogen) atoms. The molecule has 1 aromatic carbocycles. The molecule has 3 rings (SSSR count). The maximum absolute atomic E-state index is 12.4. The van der Waals surface area contributed by atoms with Crippen LogP contribution in [0.1, 0.15) is 10.4 Å². The SMILES string of the molecule is O=C(CN1CCN(C(=O)c2ccc(=O)[nH]c2)CC1)Nc1ccccc1Cl. The number of nitrogens with zero attached hydrogens (tertiary/aromatic N) is 2. The highest BCUT2D eigenvalue weighted by Crippen LogP contribution is 2.20. The van der Waals surface area contributed by atoms with Crippen LogP contribution in [-0.4, -0.2) is 59.3 Å². The van der Waals surface area contributed by atoms with Gasteiger partial charge in [-0.05, 0) is 18.2 Å². The van der Waals surface area contributed by atoms with Crippen LogP contribution in [0.5, 0.6) is 0 Å². The molecule has 1 aliphatic heterocycles. The molecular formula is C18H19ClN4O3. The zero-order chi connectivity index (χ0) is 18.5. The summed E-state index contributed by atoms with van der Waals surface area (Å²) in [5.74, 6) is -0.264. The summed E-state index contributed by atoms with van der Waals surface area (Å²) in [5.41, 5.74) is 0.802. The highest BCUT2D eigenvalue weighted by molar-refractivity contribution is 6.33. The van der Waals surface area contributed by atoms with Crippen molar-refractivity contribution in [2.24, 2.45) is 0 Å². The summed E-state index contributed by atoms with van der Waals surface area (Å²) in [6.07, 6.45) is 1.42. The number of H-pyrrole nitrogens is 1. The smallest absolute Gasteiger partial charge is 0.255 e. The average Bonchev–Trinajstić information content (AvgIpc) is 2.64. The van der Waals surface area contributed by atoms with E-state index in [1.807, 2.05) is 11.0 Å². The quantitative estimate of drug-likeness (QED) is 0.847. The summed E-state index contributed by atoms with van der Waals surface area (Å²) in [5, 5.41) is 3.29. The van der Waals surface area contributed by atoms with Crippen LogP contribution in [0, 0.1) is 0 Å². The van der Waals surface area contributed by atoms with Gasteiger partial charge < -0.3 is 15.2 Å². The molecule has 1 aliphatic rings. The topological polar surface area (TPSA) is 85.5 Å². The molecule has 1 fully saturated rings. The minimum atomic E-state index is -0.240. The molecule has 136 valence electrons. The highest BCUT2D eigenvalue weighted by atomic mass is 35.5. The van der Waals surface area contributed by atoms with Crippen LogP contribution in [0.25, 0.3) is 0 Å². The fraction of sp³-hybridized carbons (Fsp3) is 0.278. The molecule has 8 heteroatoms. The van der Waals surface area contributed by atoms with E-state index in [1.165, 1.54) is 18.3 Å². The Labute approximate surface area is 155 Å². The van der Waals surface area contributed by atoms with Crippen molar-refractivity contribution in [2.45, 2.75) is 0 Å². The highest BCUT2D eigenvalue weighted by Gasteiger charge is 2.23. The molecule has 1 saturated heterocycles. The Bertz CT molecular complexity index is 839. The van der Waals surface area contributed by atoms with Gasteiger partial charge >= 0.3 is 0 Å². The number of aromatic nitrogens is 1. The van der Waals surface area contributed by atoms with Gasteiger partial charge in [0.2, 0.25) is 11.5 Å². The first-order valence-corrected chi connectivity index (χ1v) is 8.65. The van der Waals surface area contributed by atoms with E-state index < -0.39 is 0 Å². The average molecular weight is 375 g/mol.